The Morgan fingerprint density at radius 3 is 2.30 bits per heavy atom. The molecule has 118 valence electrons. The van der Waals surface area contributed by atoms with E-state index < -0.39 is 18.1 Å². The van der Waals surface area contributed by atoms with Crippen LogP contribution in [0.3, 0.4) is 0 Å². The highest BCUT2D eigenvalue weighted by Gasteiger charge is 2.41. The maximum atomic E-state index is 12.4. The van der Waals surface area contributed by atoms with Gasteiger partial charge in [0.05, 0.1) is 6.04 Å². The van der Waals surface area contributed by atoms with Crippen LogP contribution in [0.5, 0.6) is 0 Å². The summed E-state index contributed by atoms with van der Waals surface area (Å²) in [5.74, 6) is -1.27. The van der Waals surface area contributed by atoms with Crippen LogP contribution in [-0.4, -0.2) is 34.6 Å². The third kappa shape index (κ3) is 3.24. The molecule has 1 amide bonds. The van der Waals surface area contributed by atoms with E-state index in [9.17, 15) is 14.7 Å². The summed E-state index contributed by atoms with van der Waals surface area (Å²) in [6, 6.07) is 18.0. The smallest absolute Gasteiger partial charge is 0.335 e. The van der Waals surface area contributed by atoms with E-state index in [4.69, 9.17) is 4.74 Å². The minimum atomic E-state index is -1.07. The van der Waals surface area contributed by atoms with Crippen molar-refractivity contribution in [2.75, 3.05) is 6.61 Å². The Labute approximate surface area is 134 Å². The first-order valence-corrected chi connectivity index (χ1v) is 7.39. The minimum absolute atomic E-state index is 0.208. The zero-order valence-electron chi connectivity index (χ0n) is 12.5. The number of benzene rings is 2. The highest BCUT2D eigenvalue weighted by molar-refractivity contribution is 5.83. The molecule has 0 spiro atoms. The van der Waals surface area contributed by atoms with Crippen LogP contribution in [0, 0.1) is 0 Å². The highest BCUT2D eigenvalue weighted by Crippen LogP contribution is 2.31. The fraction of sp³-hybridized carbons (Fsp3) is 0.222. The number of amides is 1. The SMILES string of the molecule is O=C(O)[C@@H]1OCC(=O)N(Cc2ccccc2)[C@H]1c1ccccc1. The van der Waals surface area contributed by atoms with Gasteiger partial charge in [0.2, 0.25) is 5.91 Å². The van der Waals surface area contributed by atoms with Crippen molar-refractivity contribution in [2.45, 2.75) is 18.7 Å². The summed E-state index contributed by atoms with van der Waals surface area (Å²) >= 11 is 0. The molecule has 0 saturated carbocycles. The number of carbonyl (C=O) groups excluding carboxylic acids is 1. The zero-order valence-corrected chi connectivity index (χ0v) is 12.5. The van der Waals surface area contributed by atoms with Gasteiger partial charge in [0, 0.05) is 6.54 Å². The van der Waals surface area contributed by atoms with Crippen LogP contribution >= 0.6 is 0 Å². The number of hydrogen-bond acceptors (Lipinski definition) is 3. The van der Waals surface area contributed by atoms with E-state index in [2.05, 4.69) is 0 Å². The fourth-order valence-electron chi connectivity index (χ4n) is 2.83. The fourth-order valence-corrected chi connectivity index (χ4v) is 2.83. The number of nitrogens with zero attached hydrogens (tertiary/aromatic N) is 1. The molecule has 0 aliphatic carbocycles. The van der Waals surface area contributed by atoms with Gasteiger partial charge < -0.3 is 14.7 Å². The number of carboxylic acids is 1. The van der Waals surface area contributed by atoms with E-state index in [-0.39, 0.29) is 12.5 Å². The van der Waals surface area contributed by atoms with Gasteiger partial charge in [-0.1, -0.05) is 60.7 Å². The molecule has 0 aromatic heterocycles. The first-order valence-electron chi connectivity index (χ1n) is 7.39. The van der Waals surface area contributed by atoms with Gasteiger partial charge in [-0.25, -0.2) is 4.79 Å². The Hall–Kier alpha value is -2.66. The van der Waals surface area contributed by atoms with E-state index in [1.807, 2.05) is 60.7 Å². The van der Waals surface area contributed by atoms with Crippen molar-refractivity contribution < 1.29 is 19.4 Å². The number of carboxylic acid groups (broad SMARTS) is 1. The van der Waals surface area contributed by atoms with Gasteiger partial charge in [0.15, 0.2) is 6.10 Å². The molecule has 5 nitrogen and oxygen atoms in total. The van der Waals surface area contributed by atoms with Crippen molar-refractivity contribution in [3.8, 4) is 0 Å². The molecular weight excluding hydrogens is 294 g/mol. The number of morpholine rings is 1. The topological polar surface area (TPSA) is 66.8 Å². The van der Waals surface area contributed by atoms with E-state index in [0.29, 0.717) is 6.54 Å². The summed E-state index contributed by atoms with van der Waals surface area (Å²) in [4.78, 5) is 25.5. The molecule has 2 atom stereocenters. The van der Waals surface area contributed by atoms with Crippen LogP contribution in [0.2, 0.25) is 0 Å². The van der Waals surface area contributed by atoms with E-state index in [1.54, 1.807) is 4.90 Å². The van der Waals surface area contributed by atoms with E-state index in [0.717, 1.165) is 11.1 Å². The molecule has 0 bridgehead atoms. The Morgan fingerprint density at radius 2 is 1.70 bits per heavy atom. The second-order valence-electron chi connectivity index (χ2n) is 5.43. The van der Waals surface area contributed by atoms with Crippen LogP contribution in [-0.2, 0) is 20.9 Å². The summed E-state index contributed by atoms with van der Waals surface area (Å²) in [6.07, 6.45) is -1.07. The Balaban J connectivity index is 1.97. The summed E-state index contributed by atoms with van der Waals surface area (Å²) in [5, 5.41) is 9.48. The van der Waals surface area contributed by atoms with Crippen molar-refractivity contribution in [1.29, 1.82) is 0 Å². The predicted octanol–water partition coefficient (Wildman–Crippen LogP) is 2.24. The van der Waals surface area contributed by atoms with Crippen LogP contribution in [0.1, 0.15) is 17.2 Å². The monoisotopic (exact) mass is 311 g/mol. The van der Waals surface area contributed by atoms with Crippen molar-refractivity contribution in [3.05, 3.63) is 71.8 Å². The molecule has 5 heteroatoms. The lowest BCUT2D eigenvalue weighted by Crippen LogP contribution is -2.51. The first-order chi connectivity index (χ1) is 11.2. The number of ether oxygens (including phenoxy) is 1. The molecule has 1 N–H and O–H groups in total. The van der Waals surface area contributed by atoms with Gasteiger partial charge in [-0.15, -0.1) is 0 Å². The molecular formula is C18H17NO4. The molecule has 0 radical (unpaired) electrons. The molecule has 2 aromatic rings. The highest BCUT2D eigenvalue weighted by atomic mass is 16.5. The molecule has 1 aliphatic rings. The van der Waals surface area contributed by atoms with E-state index in [1.165, 1.54) is 0 Å². The van der Waals surface area contributed by atoms with E-state index >= 15 is 0 Å². The number of rotatable bonds is 4. The van der Waals surface area contributed by atoms with Gasteiger partial charge in [-0.2, -0.15) is 0 Å². The standard InChI is InChI=1S/C18H17NO4/c20-15-12-23-17(18(21)22)16(14-9-5-2-6-10-14)19(15)11-13-7-3-1-4-8-13/h1-10,16-17H,11-12H2,(H,21,22)/t16-,17+/m0/s1. The largest absolute Gasteiger partial charge is 0.479 e. The molecule has 23 heavy (non-hydrogen) atoms. The normalized spacial score (nSPS) is 21.2. The molecule has 2 aromatic carbocycles. The number of carbonyl (C=O) groups is 2. The Morgan fingerprint density at radius 1 is 1.09 bits per heavy atom. The third-order valence-corrected chi connectivity index (χ3v) is 3.91. The summed E-state index contributed by atoms with van der Waals surface area (Å²) in [7, 11) is 0. The van der Waals surface area contributed by atoms with Crippen LogP contribution in [0.15, 0.2) is 60.7 Å². The second-order valence-corrected chi connectivity index (χ2v) is 5.43. The molecule has 1 heterocycles. The third-order valence-electron chi connectivity index (χ3n) is 3.91. The lowest BCUT2D eigenvalue weighted by Gasteiger charge is -2.39. The van der Waals surface area contributed by atoms with Crippen LogP contribution in [0.25, 0.3) is 0 Å². The lowest BCUT2D eigenvalue weighted by molar-refractivity contribution is -0.174. The summed E-state index contributed by atoms with van der Waals surface area (Å²) < 4.78 is 5.30. The molecule has 1 fully saturated rings. The summed E-state index contributed by atoms with van der Waals surface area (Å²) in [5.41, 5.74) is 1.71. The summed E-state index contributed by atoms with van der Waals surface area (Å²) in [6.45, 7) is 0.138. The van der Waals surface area contributed by atoms with Gasteiger partial charge in [-0.05, 0) is 11.1 Å². The lowest BCUT2D eigenvalue weighted by atomic mass is 9.97. The van der Waals surface area contributed by atoms with Gasteiger partial charge in [0.25, 0.3) is 0 Å². The van der Waals surface area contributed by atoms with Crippen LogP contribution in [0.4, 0.5) is 0 Å². The minimum Gasteiger partial charge on any atom is -0.479 e. The average molecular weight is 311 g/mol. The molecule has 3 rings (SSSR count). The maximum Gasteiger partial charge on any atom is 0.335 e. The van der Waals surface area contributed by atoms with Crippen molar-refractivity contribution >= 4 is 11.9 Å². The van der Waals surface area contributed by atoms with Gasteiger partial charge in [-0.3, -0.25) is 4.79 Å². The van der Waals surface area contributed by atoms with Crippen molar-refractivity contribution in [2.24, 2.45) is 0 Å². The van der Waals surface area contributed by atoms with Gasteiger partial charge in [0.1, 0.15) is 6.61 Å². The quantitative estimate of drug-likeness (QED) is 0.940. The van der Waals surface area contributed by atoms with Crippen molar-refractivity contribution in [3.63, 3.8) is 0 Å². The average Bonchev–Trinajstić information content (AvgIpc) is 2.58. The molecule has 0 unspecified atom stereocenters. The Kier molecular flexibility index (Phi) is 4.39. The second kappa shape index (κ2) is 6.62. The predicted molar refractivity (Wildman–Crippen MR) is 83.6 cm³/mol. The molecule has 1 saturated heterocycles. The van der Waals surface area contributed by atoms with Crippen molar-refractivity contribution in [1.82, 2.24) is 4.90 Å². The Bertz CT molecular complexity index is 687. The van der Waals surface area contributed by atoms with Gasteiger partial charge >= 0.3 is 5.97 Å². The number of hydrogen-bond donors (Lipinski definition) is 1. The number of aliphatic carboxylic acids is 1. The van der Waals surface area contributed by atoms with Crippen LogP contribution < -0.4 is 0 Å². The maximum absolute atomic E-state index is 12.4. The zero-order chi connectivity index (χ0) is 16.2. The molecule has 1 aliphatic heterocycles. The first kappa shape index (κ1) is 15.2.